The van der Waals surface area contributed by atoms with Gasteiger partial charge in [0.1, 0.15) is 0 Å². The maximum absolute atomic E-state index is 12.5. The molecule has 130 valence electrons. The number of hydrogen-bond donors (Lipinski definition) is 1. The fourth-order valence-corrected chi connectivity index (χ4v) is 3.05. The highest BCUT2D eigenvalue weighted by Crippen LogP contribution is 2.29. The zero-order valence-corrected chi connectivity index (χ0v) is 15.1. The number of hydrogen-bond acceptors (Lipinski definition) is 4. The predicted octanol–water partition coefficient (Wildman–Crippen LogP) is 3.05. The minimum atomic E-state index is -0.447. The van der Waals surface area contributed by atoms with E-state index in [9.17, 15) is 9.59 Å². The van der Waals surface area contributed by atoms with Gasteiger partial charge in [0, 0.05) is 35.1 Å². The normalized spacial score (nSPS) is 17.0. The first-order chi connectivity index (χ1) is 11.8. The fourth-order valence-electron chi connectivity index (χ4n) is 2.88. The number of anilines is 2. The molecule has 2 aromatic rings. The van der Waals surface area contributed by atoms with Crippen molar-refractivity contribution in [2.45, 2.75) is 27.2 Å². The summed E-state index contributed by atoms with van der Waals surface area (Å²) in [6.07, 6.45) is 0.155. The number of aryl methyl sites for hydroxylation is 3. The predicted molar refractivity (Wildman–Crippen MR) is 96.8 cm³/mol. The van der Waals surface area contributed by atoms with Crippen molar-refractivity contribution in [3.63, 3.8) is 0 Å². The van der Waals surface area contributed by atoms with E-state index < -0.39 is 5.92 Å². The van der Waals surface area contributed by atoms with Crippen LogP contribution in [0.2, 0.25) is 5.02 Å². The quantitative estimate of drug-likeness (QED) is 0.915. The maximum atomic E-state index is 12.5. The van der Waals surface area contributed by atoms with Gasteiger partial charge in [-0.25, -0.2) is 9.97 Å². The van der Waals surface area contributed by atoms with Crippen LogP contribution in [0.5, 0.6) is 0 Å². The Labute approximate surface area is 151 Å². The Morgan fingerprint density at radius 1 is 1.20 bits per heavy atom. The van der Waals surface area contributed by atoms with Gasteiger partial charge in [0.25, 0.3) is 0 Å². The first kappa shape index (κ1) is 17.4. The third kappa shape index (κ3) is 3.79. The second-order valence-corrected chi connectivity index (χ2v) is 6.71. The maximum Gasteiger partial charge on any atom is 0.232 e. The van der Waals surface area contributed by atoms with Crippen molar-refractivity contribution >= 4 is 35.1 Å². The lowest BCUT2D eigenvalue weighted by Crippen LogP contribution is -2.28. The molecule has 1 fully saturated rings. The van der Waals surface area contributed by atoms with E-state index in [1.807, 2.05) is 39.0 Å². The largest absolute Gasteiger partial charge is 0.312 e. The highest BCUT2D eigenvalue weighted by atomic mass is 35.5. The summed E-state index contributed by atoms with van der Waals surface area (Å²) in [4.78, 5) is 34.8. The lowest BCUT2D eigenvalue weighted by Gasteiger charge is -2.17. The SMILES string of the molecule is Cc1cc(C)nc(NC(=O)C2CC(=O)N(c3ccc(C)c(Cl)c3)C2)n1. The molecule has 1 aliphatic heterocycles. The zero-order chi connectivity index (χ0) is 18.1. The first-order valence-electron chi connectivity index (χ1n) is 8.03. The molecular formula is C18H19ClN4O2. The minimum absolute atomic E-state index is 0.0959. The average Bonchev–Trinajstić information content (AvgIpc) is 2.91. The second-order valence-electron chi connectivity index (χ2n) is 6.30. The fraction of sp³-hybridized carbons (Fsp3) is 0.333. The summed E-state index contributed by atoms with van der Waals surface area (Å²) in [5.41, 5.74) is 3.21. The van der Waals surface area contributed by atoms with Crippen LogP contribution >= 0.6 is 11.6 Å². The topological polar surface area (TPSA) is 75.2 Å². The Balaban J connectivity index is 1.73. The third-order valence-corrected chi connectivity index (χ3v) is 4.59. The van der Waals surface area contributed by atoms with Crippen molar-refractivity contribution in [3.8, 4) is 0 Å². The molecule has 0 saturated carbocycles. The summed E-state index contributed by atoms with van der Waals surface area (Å²) in [5.74, 6) is -0.524. The lowest BCUT2D eigenvalue weighted by molar-refractivity contribution is -0.122. The summed E-state index contributed by atoms with van der Waals surface area (Å²) < 4.78 is 0. The number of benzene rings is 1. The van der Waals surface area contributed by atoms with Gasteiger partial charge >= 0.3 is 0 Å². The Bertz CT molecular complexity index is 833. The van der Waals surface area contributed by atoms with E-state index >= 15 is 0 Å². The molecule has 0 radical (unpaired) electrons. The number of carbonyl (C=O) groups is 2. The molecule has 3 rings (SSSR count). The molecule has 1 atom stereocenters. The zero-order valence-electron chi connectivity index (χ0n) is 14.3. The van der Waals surface area contributed by atoms with Crippen molar-refractivity contribution < 1.29 is 9.59 Å². The Hall–Kier alpha value is -2.47. The molecule has 1 unspecified atom stereocenters. The van der Waals surface area contributed by atoms with E-state index in [4.69, 9.17) is 11.6 Å². The number of carbonyl (C=O) groups excluding carboxylic acids is 2. The summed E-state index contributed by atoms with van der Waals surface area (Å²) in [6, 6.07) is 7.29. The molecule has 1 aromatic carbocycles. The van der Waals surface area contributed by atoms with Gasteiger partial charge in [-0.05, 0) is 44.5 Å². The number of nitrogens with zero attached hydrogens (tertiary/aromatic N) is 3. The van der Waals surface area contributed by atoms with Crippen molar-refractivity contribution in [1.82, 2.24) is 9.97 Å². The van der Waals surface area contributed by atoms with Gasteiger partial charge in [0.2, 0.25) is 17.8 Å². The van der Waals surface area contributed by atoms with Gasteiger partial charge < -0.3 is 4.90 Å². The molecule has 2 amide bonds. The minimum Gasteiger partial charge on any atom is -0.312 e. The van der Waals surface area contributed by atoms with Gasteiger partial charge in [0.05, 0.1) is 5.92 Å². The smallest absolute Gasteiger partial charge is 0.232 e. The highest BCUT2D eigenvalue weighted by Gasteiger charge is 2.35. The van der Waals surface area contributed by atoms with Crippen LogP contribution in [0.25, 0.3) is 0 Å². The van der Waals surface area contributed by atoms with E-state index in [1.165, 1.54) is 0 Å². The Morgan fingerprint density at radius 2 is 1.88 bits per heavy atom. The number of amides is 2. The lowest BCUT2D eigenvalue weighted by atomic mass is 10.1. The van der Waals surface area contributed by atoms with Crippen LogP contribution in [0.3, 0.4) is 0 Å². The number of nitrogens with one attached hydrogen (secondary N) is 1. The van der Waals surface area contributed by atoms with Gasteiger partial charge in [0.15, 0.2) is 0 Å². The molecular weight excluding hydrogens is 340 g/mol. The molecule has 2 heterocycles. The molecule has 0 aliphatic carbocycles. The standard InChI is InChI=1S/C18H19ClN4O2/c1-10-4-5-14(8-15(10)19)23-9-13(7-16(23)24)17(25)22-18-20-11(2)6-12(3)21-18/h4-6,8,13H,7,9H2,1-3H3,(H,20,21,22,25). The molecule has 25 heavy (non-hydrogen) atoms. The molecule has 0 bridgehead atoms. The van der Waals surface area contributed by atoms with E-state index in [2.05, 4.69) is 15.3 Å². The van der Waals surface area contributed by atoms with Crippen LogP contribution in [0.4, 0.5) is 11.6 Å². The van der Waals surface area contributed by atoms with E-state index in [1.54, 1.807) is 11.0 Å². The number of rotatable bonds is 3. The molecule has 1 saturated heterocycles. The molecule has 1 N–H and O–H groups in total. The van der Waals surface area contributed by atoms with Crippen LogP contribution in [0, 0.1) is 26.7 Å². The summed E-state index contributed by atoms with van der Waals surface area (Å²) >= 11 is 6.14. The van der Waals surface area contributed by atoms with E-state index in [-0.39, 0.29) is 24.2 Å². The summed E-state index contributed by atoms with van der Waals surface area (Å²) in [5, 5.41) is 3.31. The van der Waals surface area contributed by atoms with Crippen LogP contribution in [-0.2, 0) is 9.59 Å². The van der Waals surface area contributed by atoms with Gasteiger partial charge in [-0.15, -0.1) is 0 Å². The number of aromatic nitrogens is 2. The second kappa shape index (κ2) is 6.80. The van der Waals surface area contributed by atoms with Crippen LogP contribution in [0.15, 0.2) is 24.3 Å². The summed E-state index contributed by atoms with van der Waals surface area (Å²) in [6.45, 7) is 5.89. The molecule has 1 aliphatic rings. The summed E-state index contributed by atoms with van der Waals surface area (Å²) in [7, 11) is 0. The van der Waals surface area contributed by atoms with Crippen molar-refractivity contribution in [2.75, 3.05) is 16.8 Å². The molecule has 1 aromatic heterocycles. The third-order valence-electron chi connectivity index (χ3n) is 4.18. The van der Waals surface area contributed by atoms with E-state index in [0.29, 0.717) is 17.3 Å². The van der Waals surface area contributed by atoms with Crippen LogP contribution < -0.4 is 10.2 Å². The molecule has 7 heteroatoms. The number of halogens is 1. The molecule has 6 nitrogen and oxygen atoms in total. The Kier molecular flexibility index (Phi) is 4.72. The van der Waals surface area contributed by atoms with Crippen LogP contribution in [-0.4, -0.2) is 28.3 Å². The van der Waals surface area contributed by atoms with Gasteiger partial charge in [-0.2, -0.15) is 0 Å². The molecule has 0 spiro atoms. The first-order valence-corrected chi connectivity index (χ1v) is 8.41. The average molecular weight is 359 g/mol. The van der Waals surface area contributed by atoms with Crippen molar-refractivity contribution in [2.24, 2.45) is 5.92 Å². The van der Waals surface area contributed by atoms with Crippen molar-refractivity contribution in [3.05, 3.63) is 46.2 Å². The Morgan fingerprint density at radius 3 is 2.52 bits per heavy atom. The van der Waals surface area contributed by atoms with Gasteiger partial charge in [-0.3, -0.25) is 14.9 Å². The monoisotopic (exact) mass is 358 g/mol. The van der Waals surface area contributed by atoms with Gasteiger partial charge in [-0.1, -0.05) is 17.7 Å². The van der Waals surface area contributed by atoms with Crippen molar-refractivity contribution in [1.29, 1.82) is 0 Å². The van der Waals surface area contributed by atoms with E-state index in [0.717, 1.165) is 17.0 Å². The highest BCUT2D eigenvalue weighted by molar-refractivity contribution is 6.31. The van der Waals surface area contributed by atoms with Crippen LogP contribution in [0.1, 0.15) is 23.4 Å².